The minimum absolute atomic E-state index is 0.0812. The molecule has 0 aliphatic heterocycles. The zero-order valence-electron chi connectivity index (χ0n) is 16.0. The molecule has 1 atom stereocenters. The highest BCUT2D eigenvalue weighted by molar-refractivity contribution is 5.97. The molecule has 1 saturated carbocycles. The molecule has 0 aromatic heterocycles. The van der Waals surface area contributed by atoms with Crippen LogP contribution in [0.1, 0.15) is 63.1 Å². The van der Waals surface area contributed by atoms with Gasteiger partial charge in [-0.15, -0.1) is 0 Å². The Kier molecular flexibility index (Phi) is 7.53. The molecule has 1 fully saturated rings. The predicted molar refractivity (Wildman–Crippen MR) is 103 cm³/mol. The van der Waals surface area contributed by atoms with Crippen LogP contribution in [-0.4, -0.2) is 18.6 Å². The Hall–Kier alpha value is -2.48. The molecule has 140 valence electrons. The van der Waals surface area contributed by atoms with E-state index in [-0.39, 0.29) is 23.6 Å². The highest BCUT2D eigenvalue weighted by atomic mass is 16.5. The third-order valence-electron chi connectivity index (χ3n) is 4.71. The second-order valence-electron chi connectivity index (χ2n) is 6.84. The highest BCUT2D eigenvalue weighted by Crippen LogP contribution is 2.26. The Morgan fingerprint density at radius 3 is 2.77 bits per heavy atom. The first-order valence-electron chi connectivity index (χ1n) is 9.45. The summed E-state index contributed by atoms with van der Waals surface area (Å²) in [6.07, 6.45) is 7.01. The number of carbonyl (C=O) groups excluding carboxylic acids is 1. The van der Waals surface area contributed by atoms with Crippen LogP contribution in [-0.2, 0) is 4.79 Å². The second kappa shape index (κ2) is 9.86. The third-order valence-corrected chi connectivity index (χ3v) is 4.71. The maximum Gasteiger partial charge on any atom is 0.263 e. The van der Waals surface area contributed by atoms with Crippen LogP contribution in [0.25, 0.3) is 0 Å². The molecule has 1 aliphatic rings. The summed E-state index contributed by atoms with van der Waals surface area (Å²) in [5.74, 6) is 0.519. The van der Waals surface area contributed by atoms with E-state index in [2.05, 4.69) is 16.7 Å². The molecular formula is C21H29N3O2. The van der Waals surface area contributed by atoms with Crippen molar-refractivity contribution >= 4 is 5.91 Å². The summed E-state index contributed by atoms with van der Waals surface area (Å²) in [4.78, 5) is 12.3. The van der Waals surface area contributed by atoms with Crippen molar-refractivity contribution in [2.45, 2.75) is 65.0 Å². The zero-order chi connectivity index (χ0) is 18.9. The number of nitrogens with zero attached hydrogens (tertiary/aromatic N) is 1. The van der Waals surface area contributed by atoms with Crippen LogP contribution >= 0.6 is 0 Å². The number of ether oxygens (including phenoxy) is 1. The molecular weight excluding hydrogens is 326 g/mol. The summed E-state index contributed by atoms with van der Waals surface area (Å²) in [6.45, 7) is 6.55. The number of carbonyl (C=O) groups is 1. The number of aryl methyl sites for hydroxylation is 1. The van der Waals surface area contributed by atoms with Crippen molar-refractivity contribution < 1.29 is 9.53 Å². The number of rotatable bonds is 7. The highest BCUT2D eigenvalue weighted by Gasteiger charge is 2.18. The van der Waals surface area contributed by atoms with Crippen LogP contribution < -0.4 is 15.4 Å². The molecule has 2 rings (SSSR count). The maximum atomic E-state index is 12.3. The van der Waals surface area contributed by atoms with Crippen LogP contribution in [0.3, 0.4) is 0 Å². The van der Waals surface area contributed by atoms with Gasteiger partial charge >= 0.3 is 0 Å². The van der Waals surface area contributed by atoms with Crippen LogP contribution in [0.15, 0.2) is 30.0 Å². The van der Waals surface area contributed by atoms with Crippen molar-refractivity contribution in [1.82, 2.24) is 10.6 Å². The van der Waals surface area contributed by atoms with Gasteiger partial charge in [-0.25, -0.2) is 0 Å². The molecule has 26 heavy (non-hydrogen) atoms. The van der Waals surface area contributed by atoms with Gasteiger partial charge in [0.15, 0.2) is 0 Å². The topological polar surface area (TPSA) is 74.1 Å². The third kappa shape index (κ3) is 5.52. The van der Waals surface area contributed by atoms with E-state index < -0.39 is 0 Å². The van der Waals surface area contributed by atoms with E-state index in [1.165, 1.54) is 12.6 Å². The minimum atomic E-state index is -0.298. The van der Waals surface area contributed by atoms with Crippen LogP contribution in [0.4, 0.5) is 0 Å². The first-order chi connectivity index (χ1) is 12.5. The number of amides is 1. The van der Waals surface area contributed by atoms with Gasteiger partial charge in [-0.2, -0.15) is 5.26 Å². The minimum Gasteiger partial charge on any atom is -0.494 e. The van der Waals surface area contributed by atoms with Gasteiger partial charge in [0.2, 0.25) is 0 Å². The molecule has 1 unspecified atom stereocenters. The number of nitriles is 1. The fourth-order valence-electron chi connectivity index (χ4n) is 3.25. The fourth-order valence-corrected chi connectivity index (χ4v) is 3.25. The quantitative estimate of drug-likeness (QED) is 0.575. The van der Waals surface area contributed by atoms with Gasteiger partial charge in [0, 0.05) is 17.8 Å². The summed E-state index contributed by atoms with van der Waals surface area (Å²) in [5.41, 5.74) is 2.25. The molecule has 0 spiro atoms. The molecule has 0 saturated heterocycles. The predicted octanol–water partition coefficient (Wildman–Crippen LogP) is 3.90. The van der Waals surface area contributed by atoms with E-state index in [0.29, 0.717) is 6.61 Å². The SMILES string of the molecule is CCOc1ccc(C)cc1C(C)N/C=C(/C#N)C(=O)NC1CCCCC1. The van der Waals surface area contributed by atoms with E-state index in [4.69, 9.17) is 4.74 Å². The van der Waals surface area contributed by atoms with E-state index in [1.54, 1.807) is 0 Å². The summed E-state index contributed by atoms with van der Waals surface area (Å²) >= 11 is 0. The average Bonchev–Trinajstić information content (AvgIpc) is 2.64. The molecule has 0 radical (unpaired) electrons. The smallest absolute Gasteiger partial charge is 0.263 e. The Morgan fingerprint density at radius 1 is 1.38 bits per heavy atom. The van der Waals surface area contributed by atoms with Crippen molar-refractivity contribution in [3.63, 3.8) is 0 Å². The molecule has 1 aliphatic carbocycles. The number of benzene rings is 1. The van der Waals surface area contributed by atoms with E-state index in [9.17, 15) is 10.1 Å². The van der Waals surface area contributed by atoms with E-state index in [1.807, 2.05) is 39.0 Å². The molecule has 0 bridgehead atoms. The lowest BCUT2D eigenvalue weighted by atomic mass is 9.95. The van der Waals surface area contributed by atoms with Gasteiger partial charge in [-0.05, 0) is 39.7 Å². The maximum absolute atomic E-state index is 12.3. The summed E-state index contributed by atoms with van der Waals surface area (Å²) in [7, 11) is 0. The van der Waals surface area contributed by atoms with Crippen LogP contribution in [0, 0.1) is 18.3 Å². The lowest BCUT2D eigenvalue weighted by Gasteiger charge is -2.22. The Morgan fingerprint density at radius 2 is 2.12 bits per heavy atom. The van der Waals surface area contributed by atoms with Gasteiger partial charge in [-0.3, -0.25) is 4.79 Å². The van der Waals surface area contributed by atoms with Crippen LogP contribution in [0.2, 0.25) is 0 Å². The number of hydrogen-bond acceptors (Lipinski definition) is 4. The summed E-state index contributed by atoms with van der Waals surface area (Å²) < 4.78 is 5.69. The van der Waals surface area contributed by atoms with Crippen molar-refractivity contribution in [3.05, 3.63) is 41.1 Å². The van der Waals surface area contributed by atoms with E-state index in [0.717, 1.165) is 42.6 Å². The lowest BCUT2D eigenvalue weighted by Crippen LogP contribution is -2.37. The Bertz CT molecular complexity index is 685. The van der Waals surface area contributed by atoms with Gasteiger partial charge in [0.1, 0.15) is 17.4 Å². The standard InChI is InChI=1S/C21H29N3O2/c1-4-26-20-11-10-15(2)12-19(20)16(3)23-14-17(13-22)21(25)24-18-8-6-5-7-9-18/h10-12,14,16,18,23H,4-9H2,1-3H3,(H,24,25)/b17-14-. The Balaban J connectivity index is 2.04. The average molecular weight is 355 g/mol. The van der Waals surface area contributed by atoms with Crippen LogP contribution in [0.5, 0.6) is 5.75 Å². The molecule has 5 nitrogen and oxygen atoms in total. The summed E-state index contributed by atoms with van der Waals surface area (Å²) in [6, 6.07) is 8.14. The molecule has 2 N–H and O–H groups in total. The van der Waals surface area contributed by atoms with Crippen molar-refractivity contribution in [1.29, 1.82) is 5.26 Å². The molecule has 1 amide bonds. The Labute approximate surface area is 156 Å². The van der Waals surface area contributed by atoms with Crippen molar-refractivity contribution in [2.75, 3.05) is 6.61 Å². The van der Waals surface area contributed by atoms with Crippen molar-refractivity contribution in [2.24, 2.45) is 0 Å². The number of hydrogen-bond donors (Lipinski definition) is 2. The fraction of sp³-hybridized carbons (Fsp3) is 0.524. The molecule has 1 aromatic carbocycles. The normalized spacial score (nSPS) is 16.5. The summed E-state index contributed by atoms with van der Waals surface area (Å²) in [5, 5.41) is 15.5. The van der Waals surface area contributed by atoms with Gasteiger partial charge in [-0.1, -0.05) is 37.0 Å². The lowest BCUT2D eigenvalue weighted by molar-refractivity contribution is -0.118. The van der Waals surface area contributed by atoms with Gasteiger partial charge < -0.3 is 15.4 Å². The van der Waals surface area contributed by atoms with Gasteiger partial charge in [0.25, 0.3) is 5.91 Å². The molecule has 5 heteroatoms. The monoisotopic (exact) mass is 355 g/mol. The number of nitrogens with one attached hydrogen (secondary N) is 2. The van der Waals surface area contributed by atoms with E-state index >= 15 is 0 Å². The molecule has 0 heterocycles. The zero-order valence-corrected chi connectivity index (χ0v) is 16.0. The first kappa shape index (κ1) is 19.8. The first-order valence-corrected chi connectivity index (χ1v) is 9.45. The van der Waals surface area contributed by atoms with Gasteiger partial charge in [0.05, 0.1) is 12.6 Å². The largest absolute Gasteiger partial charge is 0.494 e. The second-order valence-corrected chi connectivity index (χ2v) is 6.84. The van der Waals surface area contributed by atoms with Crippen molar-refractivity contribution in [3.8, 4) is 11.8 Å². The molecule has 1 aromatic rings.